The van der Waals surface area contributed by atoms with Crippen LogP contribution in [0, 0.1) is 0 Å². The van der Waals surface area contributed by atoms with E-state index in [9.17, 15) is 0 Å². The summed E-state index contributed by atoms with van der Waals surface area (Å²) in [6, 6.07) is 4.10. The first-order chi connectivity index (χ1) is 8.74. The van der Waals surface area contributed by atoms with Gasteiger partial charge in [0.2, 0.25) is 0 Å². The number of hydrogen-bond acceptors (Lipinski definition) is 4. The Morgan fingerprint density at radius 2 is 2.17 bits per heavy atom. The largest absolute Gasteiger partial charge is 0.311 e. The van der Waals surface area contributed by atoms with Crippen molar-refractivity contribution in [2.75, 3.05) is 26.2 Å². The Hall–Kier alpha value is -0.580. The third kappa shape index (κ3) is 4.59. The second kappa shape index (κ2) is 7.12. The van der Waals surface area contributed by atoms with Gasteiger partial charge in [0.05, 0.1) is 0 Å². The molecule has 0 aromatic carbocycles. The van der Waals surface area contributed by atoms with Gasteiger partial charge in [0, 0.05) is 55.6 Å². The number of hydrogen-bond donors (Lipinski definition) is 1. The molecule has 18 heavy (non-hydrogen) atoms. The van der Waals surface area contributed by atoms with Crippen LogP contribution in [0.5, 0.6) is 0 Å². The molecule has 0 radical (unpaired) electrons. The topological polar surface area (TPSA) is 28.2 Å². The minimum Gasteiger partial charge on any atom is -0.311 e. The van der Waals surface area contributed by atoms with Gasteiger partial charge < -0.3 is 5.32 Å². The third-order valence-corrected chi connectivity index (χ3v) is 4.38. The van der Waals surface area contributed by atoms with E-state index in [4.69, 9.17) is 0 Å². The molecule has 2 rings (SSSR count). The van der Waals surface area contributed by atoms with Gasteiger partial charge in [0.1, 0.15) is 0 Å². The summed E-state index contributed by atoms with van der Waals surface area (Å²) < 4.78 is 0. The van der Waals surface area contributed by atoms with E-state index in [1.165, 1.54) is 18.7 Å². The molecule has 2 atom stereocenters. The summed E-state index contributed by atoms with van der Waals surface area (Å²) in [4.78, 5) is 6.69. The highest BCUT2D eigenvalue weighted by atomic mass is 32.2. The molecule has 2 heterocycles. The lowest BCUT2D eigenvalue weighted by atomic mass is 10.3. The van der Waals surface area contributed by atoms with Crippen LogP contribution in [0.25, 0.3) is 0 Å². The van der Waals surface area contributed by atoms with Gasteiger partial charge in [-0.05, 0) is 11.6 Å². The average Bonchev–Trinajstić information content (AvgIpc) is 2.35. The summed E-state index contributed by atoms with van der Waals surface area (Å²) in [6.07, 6.45) is 3.74. The zero-order chi connectivity index (χ0) is 12.8. The van der Waals surface area contributed by atoms with Gasteiger partial charge in [-0.1, -0.05) is 19.9 Å². The van der Waals surface area contributed by atoms with Crippen LogP contribution in [-0.4, -0.2) is 46.6 Å². The van der Waals surface area contributed by atoms with Crippen LogP contribution < -0.4 is 5.32 Å². The molecule has 0 amide bonds. The smallest absolute Gasteiger partial charge is 0.0312 e. The Morgan fingerprint density at radius 3 is 2.83 bits per heavy atom. The van der Waals surface area contributed by atoms with Crippen molar-refractivity contribution < 1.29 is 0 Å². The maximum atomic E-state index is 4.12. The van der Waals surface area contributed by atoms with E-state index < -0.39 is 0 Å². The summed E-state index contributed by atoms with van der Waals surface area (Å²) in [7, 11) is 0. The molecule has 1 saturated heterocycles. The Labute approximate surface area is 114 Å². The molecule has 1 aromatic rings. The van der Waals surface area contributed by atoms with Crippen molar-refractivity contribution in [3.63, 3.8) is 0 Å². The van der Waals surface area contributed by atoms with Crippen molar-refractivity contribution in [2.24, 2.45) is 0 Å². The molecule has 0 aliphatic carbocycles. The molecule has 2 unspecified atom stereocenters. The number of thioether (sulfide) groups is 1. The Kier molecular flexibility index (Phi) is 5.47. The van der Waals surface area contributed by atoms with Gasteiger partial charge in [-0.25, -0.2) is 0 Å². The zero-order valence-electron chi connectivity index (χ0n) is 11.3. The number of nitrogens with one attached hydrogen (secondary N) is 1. The van der Waals surface area contributed by atoms with Crippen LogP contribution >= 0.6 is 11.8 Å². The van der Waals surface area contributed by atoms with Crippen molar-refractivity contribution in [2.45, 2.75) is 30.9 Å². The highest BCUT2D eigenvalue weighted by Gasteiger charge is 2.21. The molecule has 1 aromatic heterocycles. The fourth-order valence-corrected chi connectivity index (χ4v) is 3.83. The quantitative estimate of drug-likeness (QED) is 0.824. The molecule has 1 N–H and O–H groups in total. The van der Waals surface area contributed by atoms with Crippen LogP contribution in [0.4, 0.5) is 0 Å². The molecule has 3 nitrogen and oxygen atoms in total. The number of rotatable bonds is 5. The summed E-state index contributed by atoms with van der Waals surface area (Å²) in [6.45, 7) is 10.2. The minimum absolute atomic E-state index is 0.770. The molecule has 100 valence electrons. The van der Waals surface area contributed by atoms with Crippen LogP contribution in [0.15, 0.2) is 24.5 Å². The van der Waals surface area contributed by atoms with Crippen molar-refractivity contribution in [1.29, 1.82) is 0 Å². The van der Waals surface area contributed by atoms with Crippen molar-refractivity contribution in [3.8, 4) is 0 Å². The molecule has 0 bridgehead atoms. The summed E-state index contributed by atoms with van der Waals surface area (Å²) >= 11 is 2.11. The normalized spacial score (nSPS) is 25.2. The molecule has 4 heteroatoms. The lowest BCUT2D eigenvalue weighted by Crippen LogP contribution is -2.43. The Bertz CT molecular complexity index is 334. The van der Waals surface area contributed by atoms with Gasteiger partial charge in [-0.3, -0.25) is 9.88 Å². The molecule has 0 saturated carbocycles. The summed E-state index contributed by atoms with van der Waals surface area (Å²) in [5.74, 6) is 0. The molecule has 0 spiro atoms. The van der Waals surface area contributed by atoms with Crippen LogP contribution in [0.1, 0.15) is 19.4 Å². The molecule has 1 aliphatic heterocycles. The molecule has 1 aliphatic rings. The van der Waals surface area contributed by atoms with E-state index >= 15 is 0 Å². The van der Waals surface area contributed by atoms with E-state index in [1.54, 1.807) is 0 Å². The Morgan fingerprint density at radius 1 is 1.39 bits per heavy atom. The van der Waals surface area contributed by atoms with Crippen molar-refractivity contribution in [3.05, 3.63) is 30.1 Å². The number of aromatic nitrogens is 1. The first-order valence-electron chi connectivity index (χ1n) is 6.71. The van der Waals surface area contributed by atoms with E-state index in [-0.39, 0.29) is 0 Å². The summed E-state index contributed by atoms with van der Waals surface area (Å²) in [5, 5.41) is 5.03. The second-order valence-electron chi connectivity index (χ2n) is 5.05. The fraction of sp³-hybridized carbons (Fsp3) is 0.643. The van der Waals surface area contributed by atoms with E-state index in [2.05, 4.69) is 46.9 Å². The van der Waals surface area contributed by atoms with Crippen LogP contribution in [-0.2, 0) is 6.54 Å². The van der Waals surface area contributed by atoms with Crippen LogP contribution in [0.3, 0.4) is 0 Å². The molecular formula is C14H23N3S. The number of nitrogens with zero attached hydrogens (tertiary/aromatic N) is 2. The first-order valence-corrected chi connectivity index (χ1v) is 7.66. The maximum Gasteiger partial charge on any atom is 0.0312 e. The van der Waals surface area contributed by atoms with Gasteiger partial charge in [-0.15, -0.1) is 0 Å². The summed E-state index contributed by atoms with van der Waals surface area (Å²) in [5.41, 5.74) is 1.26. The Balaban J connectivity index is 1.63. The van der Waals surface area contributed by atoms with Crippen molar-refractivity contribution in [1.82, 2.24) is 15.2 Å². The van der Waals surface area contributed by atoms with Crippen molar-refractivity contribution >= 4 is 11.8 Å². The van der Waals surface area contributed by atoms with Crippen LogP contribution in [0.2, 0.25) is 0 Å². The third-order valence-electron chi connectivity index (χ3n) is 3.15. The SMILES string of the molecule is CC1CN(CCNCc2cccnc2)CC(C)S1. The fourth-order valence-electron chi connectivity index (χ4n) is 2.44. The van der Waals surface area contributed by atoms with Gasteiger partial charge in [0.15, 0.2) is 0 Å². The second-order valence-corrected chi connectivity index (χ2v) is 6.94. The standard InChI is InChI=1S/C14H23N3S/c1-12-10-17(11-13(2)18-12)7-6-16-9-14-4-3-5-15-8-14/h3-5,8,12-13,16H,6-7,9-11H2,1-2H3. The lowest BCUT2D eigenvalue weighted by molar-refractivity contribution is 0.270. The molecular weight excluding hydrogens is 242 g/mol. The average molecular weight is 265 g/mol. The predicted molar refractivity (Wildman–Crippen MR) is 78.9 cm³/mol. The minimum atomic E-state index is 0.770. The van der Waals surface area contributed by atoms with E-state index in [0.717, 1.165) is 30.1 Å². The first kappa shape index (κ1) is 13.8. The van der Waals surface area contributed by atoms with Gasteiger partial charge >= 0.3 is 0 Å². The lowest BCUT2D eigenvalue weighted by Gasteiger charge is -2.34. The monoisotopic (exact) mass is 265 g/mol. The van der Waals surface area contributed by atoms with E-state index in [1.807, 2.05) is 18.5 Å². The molecule has 1 fully saturated rings. The predicted octanol–water partition coefficient (Wildman–Crippen LogP) is 2.00. The number of pyridine rings is 1. The highest BCUT2D eigenvalue weighted by Crippen LogP contribution is 2.24. The van der Waals surface area contributed by atoms with Gasteiger partial charge in [-0.2, -0.15) is 11.8 Å². The maximum absolute atomic E-state index is 4.12. The zero-order valence-corrected chi connectivity index (χ0v) is 12.1. The van der Waals surface area contributed by atoms with E-state index in [0.29, 0.717) is 0 Å². The van der Waals surface area contributed by atoms with Gasteiger partial charge in [0.25, 0.3) is 0 Å². The highest BCUT2D eigenvalue weighted by molar-refractivity contribution is 8.00.